The zero-order valence-corrected chi connectivity index (χ0v) is 9.41. The van der Waals surface area contributed by atoms with E-state index in [-0.39, 0.29) is 5.82 Å². The van der Waals surface area contributed by atoms with E-state index in [9.17, 15) is 4.39 Å². The number of rotatable bonds is 2. The Morgan fingerprint density at radius 3 is 3.18 bits per heavy atom. The highest BCUT2D eigenvalue weighted by molar-refractivity contribution is 5.91. The first kappa shape index (κ1) is 10.5. The van der Waals surface area contributed by atoms with Crippen LogP contribution in [0.4, 0.5) is 10.1 Å². The molecule has 0 aliphatic carbocycles. The number of anilines is 1. The van der Waals surface area contributed by atoms with E-state index in [1.807, 2.05) is 12.1 Å². The molecule has 1 aromatic carbocycles. The first-order valence-corrected chi connectivity index (χ1v) is 5.84. The normalized spacial score (nSPS) is 19.7. The molecule has 0 saturated carbocycles. The molecule has 2 heterocycles. The fourth-order valence-electron chi connectivity index (χ4n) is 2.27. The second-order valence-electron chi connectivity index (χ2n) is 4.36. The lowest BCUT2D eigenvalue weighted by molar-refractivity contribution is 0.629. The minimum atomic E-state index is -0.246. The molecule has 2 N–H and O–H groups in total. The predicted molar refractivity (Wildman–Crippen MR) is 66.6 cm³/mol. The maximum Gasteiger partial charge on any atom is 0.127 e. The highest BCUT2D eigenvalue weighted by Crippen LogP contribution is 2.24. The van der Waals surface area contributed by atoms with Gasteiger partial charge in [-0.15, -0.1) is 0 Å². The Labute approximate surface area is 99.1 Å². The molecule has 1 atom stereocenters. The number of hydrogen-bond acceptors (Lipinski definition) is 3. The van der Waals surface area contributed by atoms with Gasteiger partial charge >= 0.3 is 0 Å². The van der Waals surface area contributed by atoms with Crippen molar-refractivity contribution >= 4 is 16.6 Å². The van der Waals surface area contributed by atoms with Gasteiger partial charge in [0.15, 0.2) is 0 Å². The van der Waals surface area contributed by atoms with Crippen molar-refractivity contribution in [3.63, 3.8) is 0 Å². The van der Waals surface area contributed by atoms with Crippen molar-refractivity contribution in [2.75, 3.05) is 18.4 Å². The third-order valence-corrected chi connectivity index (χ3v) is 3.11. The zero-order valence-electron chi connectivity index (χ0n) is 9.41. The molecule has 4 heteroatoms. The van der Waals surface area contributed by atoms with Gasteiger partial charge in [-0.1, -0.05) is 0 Å². The number of nitrogens with one attached hydrogen (secondary N) is 2. The molecule has 3 nitrogen and oxygen atoms in total. The van der Waals surface area contributed by atoms with Crippen LogP contribution in [0.2, 0.25) is 0 Å². The molecule has 17 heavy (non-hydrogen) atoms. The van der Waals surface area contributed by atoms with Gasteiger partial charge in [0.05, 0.1) is 5.52 Å². The van der Waals surface area contributed by atoms with Gasteiger partial charge in [0, 0.05) is 35.9 Å². The van der Waals surface area contributed by atoms with Crippen molar-refractivity contribution in [3.8, 4) is 0 Å². The second kappa shape index (κ2) is 4.30. The average molecular weight is 231 g/mol. The van der Waals surface area contributed by atoms with Crippen molar-refractivity contribution in [2.24, 2.45) is 0 Å². The first-order valence-electron chi connectivity index (χ1n) is 5.84. The standard InChI is InChI=1S/C13H14FN3/c14-9-6-12-11(2-1-4-16-12)13(7-9)17-10-3-5-15-8-10/h1-2,4,6-7,10,15,17H,3,5,8H2. The summed E-state index contributed by atoms with van der Waals surface area (Å²) in [6, 6.07) is 7.22. The molecule has 1 aromatic heterocycles. The van der Waals surface area contributed by atoms with Gasteiger partial charge in [0.2, 0.25) is 0 Å². The maximum absolute atomic E-state index is 13.5. The minimum absolute atomic E-state index is 0.246. The molecule has 1 aliphatic rings. The summed E-state index contributed by atoms with van der Waals surface area (Å²) in [5.41, 5.74) is 1.53. The van der Waals surface area contributed by atoms with E-state index in [1.165, 1.54) is 6.07 Å². The lowest BCUT2D eigenvalue weighted by Crippen LogP contribution is -2.22. The van der Waals surface area contributed by atoms with Gasteiger partial charge in [0.1, 0.15) is 5.82 Å². The highest BCUT2D eigenvalue weighted by atomic mass is 19.1. The van der Waals surface area contributed by atoms with Gasteiger partial charge in [0.25, 0.3) is 0 Å². The van der Waals surface area contributed by atoms with Gasteiger partial charge in [-0.25, -0.2) is 4.39 Å². The van der Waals surface area contributed by atoms with Crippen molar-refractivity contribution in [1.82, 2.24) is 10.3 Å². The van der Waals surface area contributed by atoms with Crippen LogP contribution in [0.15, 0.2) is 30.5 Å². The Kier molecular flexibility index (Phi) is 2.65. The van der Waals surface area contributed by atoms with E-state index in [0.29, 0.717) is 11.6 Å². The maximum atomic E-state index is 13.5. The lowest BCUT2D eigenvalue weighted by atomic mass is 10.1. The van der Waals surface area contributed by atoms with Gasteiger partial charge < -0.3 is 10.6 Å². The average Bonchev–Trinajstić information content (AvgIpc) is 2.81. The predicted octanol–water partition coefficient (Wildman–Crippen LogP) is 2.15. The van der Waals surface area contributed by atoms with Crippen LogP contribution >= 0.6 is 0 Å². The van der Waals surface area contributed by atoms with Crippen LogP contribution in [0.5, 0.6) is 0 Å². The third-order valence-electron chi connectivity index (χ3n) is 3.11. The molecule has 1 unspecified atom stereocenters. The Morgan fingerprint density at radius 1 is 1.41 bits per heavy atom. The summed E-state index contributed by atoms with van der Waals surface area (Å²) in [5.74, 6) is -0.246. The minimum Gasteiger partial charge on any atom is -0.380 e. The highest BCUT2D eigenvalue weighted by Gasteiger charge is 2.15. The lowest BCUT2D eigenvalue weighted by Gasteiger charge is -2.15. The van der Waals surface area contributed by atoms with E-state index in [0.717, 1.165) is 30.6 Å². The zero-order chi connectivity index (χ0) is 11.7. The molecule has 3 rings (SSSR count). The number of benzene rings is 1. The third kappa shape index (κ3) is 2.08. The van der Waals surface area contributed by atoms with Crippen molar-refractivity contribution < 1.29 is 4.39 Å². The van der Waals surface area contributed by atoms with E-state index >= 15 is 0 Å². The second-order valence-corrected chi connectivity index (χ2v) is 4.36. The molecule has 88 valence electrons. The molecule has 1 aliphatic heterocycles. The van der Waals surface area contributed by atoms with Crippen LogP contribution in [-0.2, 0) is 0 Å². The van der Waals surface area contributed by atoms with E-state index < -0.39 is 0 Å². The van der Waals surface area contributed by atoms with Gasteiger partial charge in [-0.3, -0.25) is 4.98 Å². The summed E-state index contributed by atoms with van der Waals surface area (Å²) in [4.78, 5) is 4.18. The van der Waals surface area contributed by atoms with Crippen LogP contribution in [0.3, 0.4) is 0 Å². The van der Waals surface area contributed by atoms with Crippen LogP contribution in [-0.4, -0.2) is 24.1 Å². The molecule has 2 aromatic rings. The van der Waals surface area contributed by atoms with Crippen LogP contribution in [0.25, 0.3) is 10.9 Å². The molecule has 0 amide bonds. The fraction of sp³-hybridized carbons (Fsp3) is 0.308. The number of fused-ring (bicyclic) bond motifs is 1. The fourth-order valence-corrected chi connectivity index (χ4v) is 2.27. The SMILES string of the molecule is Fc1cc(NC2CCNC2)c2cccnc2c1. The quantitative estimate of drug-likeness (QED) is 0.831. The van der Waals surface area contributed by atoms with Crippen LogP contribution in [0, 0.1) is 5.82 Å². The Bertz CT molecular complexity index is 535. The summed E-state index contributed by atoms with van der Waals surface area (Å²) in [6.07, 6.45) is 2.75. The summed E-state index contributed by atoms with van der Waals surface area (Å²) in [6.45, 7) is 1.95. The number of halogens is 1. The van der Waals surface area contributed by atoms with Crippen molar-refractivity contribution in [2.45, 2.75) is 12.5 Å². The molecule has 0 spiro atoms. The molecule has 0 bridgehead atoms. The molecular formula is C13H14FN3. The van der Waals surface area contributed by atoms with Gasteiger partial charge in [-0.05, 0) is 31.2 Å². The summed E-state index contributed by atoms with van der Waals surface area (Å²) in [5, 5.41) is 7.64. The molecule has 1 fully saturated rings. The first-order chi connectivity index (χ1) is 8.33. The van der Waals surface area contributed by atoms with E-state index in [2.05, 4.69) is 15.6 Å². The van der Waals surface area contributed by atoms with Crippen LogP contribution in [0.1, 0.15) is 6.42 Å². The van der Waals surface area contributed by atoms with E-state index in [4.69, 9.17) is 0 Å². The number of nitrogens with zero attached hydrogens (tertiary/aromatic N) is 1. The topological polar surface area (TPSA) is 37.0 Å². The number of aromatic nitrogens is 1. The van der Waals surface area contributed by atoms with Crippen molar-refractivity contribution in [3.05, 3.63) is 36.3 Å². The summed E-state index contributed by atoms with van der Waals surface area (Å²) >= 11 is 0. The number of hydrogen-bond donors (Lipinski definition) is 2. The molecule has 0 radical (unpaired) electrons. The summed E-state index contributed by atoms with van der Waals surface area (Å²) < 4.78 is 13.5. The summed E-state index contributed by atoms with van der Waals surface area (Å²) in [7, 11) is 0. The van der Waals surface area contributed by atoms with Crippen molar-refractivity contribution in [1.29, 1.82) is 0 Å². The Morgan fingerprint density at radius 2 is 2.35 bits per heavy atom. The Hall–Kier alpha value is -1.68. The molecule has 1 saturated heterocycles. The van der Waals surface area contributed by atoms with Gasteiger partial charge in [-0.2, -0.15) is 0 Å². The Balaban J connectivity index is 2.01. The molecular weight excluding hydrogens is 217 g/mol. The monoisotopic (exact) mass is 231 g/mol. The number of pyridine rings is 1. The van der Waals surface area contributed by atoms with Crippen LogP contribution < -0.4 is 10.6 Å². The smallest absolute Gasteiger partial charge is 0.127 e. The van der Waals surface area contributed by atoms with E-state index in [1.54, 1.807) is 12.3 Å². The largest absolute Gasteiger partial charge is 0.380 e.